The molecule has 1 aliphatic heterocycles. The van der Waals surface area contributed by atoms with Crippen LogP contribution in [0.4, 0.5) is 11.9 Å². The van der Waals surface area contributed by atoms with E-state index in [1.165, 1.54) is 0 Å². The lowest BCUT2D eigenvalue weighted by Gasteiger charge is -2.17. The van der Waals surface area contributed by atoms with Gasteiger partial charge in [0.25, 0.3) is 0 Å². The quantitative estimate of drug-likeness (QED) is 0.782. The maximum Gasteiger partial charge on any atom is 0.323 e. The fourth-order valence-corrected chi connectivity index (χ4v) is 2.16. The Morgan fingerprint density at radius 1 is 1.24 bits per heavy atom. The second kappa shape index (κ2) is 7.97. The lowest BCUT2D eigenvalue weighted by atomic mass is 10.3. The van der Waals surface area contributed by atoms with E-state index in [9.17, 15) is 0 Å². The molecular weight excluding hydrogens is 270 g/mol. The molecule has 7 nitrogen and oxygen atoms in total. The zero-order valence-corrected chi connectivity index (χ0v) is 13.1. The summed E-state index contributed by atoms with van der Waals surface area (Å²) >= 11 is 0. The van der Waals surface area contributed by atoms with Gasteiger partial charge in [-0.1, -0.05) is 13.8 Å². The number of hydrogen-bond donors (Lipinski definition) is 1. The smallest absolute Gasteiger partial charge is 0.323 e. The third kappa shape index (κ3) is 4.42. The molecule has 0 aromatic carbocycles. The predicted molar refractivity (Wildman–Crippen MR) is 82.0 cm³/mol. The molecule has 2 rings (SSSR count). The van der Waals surface area contributed by atoms with Crippen molar-refractivity contribution in [2.45, 2.75) is 39.2 Å². The summed E-state index contributed by atoms with van der Waals surface area (Å²) in [6.07, 6.45) is 3.18. The number of nitrogens with one attached hydrogen (secondary N) is 1. The van der Waals surface area contributed by atoms with Gasteiger partial charge < -0.3 is 19.7 Å². The average Bonchev–Trinajstić information content (AvgIpc) is 3.00. The van der Waals surface area contributed by atoms with E-state index in [2.05, 4.69) is 39.0 Å². The van der Waals surface area contributed by atoms with Crippen LogP contribution >= 0.6 is 0 Å². The first-order valence-corrected chi connectivity index (χ1v) is 7.67. The molecule has 1 aliphatic rings. The van der Waals surface area contributed by atoms with E-state index in [4.69, 9.17) is 9.47 Å². The lowest BCUT2D eigenvalue weighted by Crippen LogP contribution is -2.25. The molecule has 1 aromatic heterocycles. The minimum absolute atomic E-state index is 0.244. The van der Waals surface area contributed by atoms with Crippen LogP contribution in [0.1, 0.15) is 33.1 Å². The molecule has 0 spiro atoms. The fraction of sp³-hybridized carbons (Fsp3) is 0.786. The fourth-order valence-electron chi connectivity index (χ4n) is 2.16. The summed E-state index contributed by atoms with van der Waals surface area (Å²) in [5.41, 5.74) is 0. The van der Waals surface area contributed by atoms with Crippen molar-refractivity contribution in [2.24, 2.45) is 0 Å². The molecule has 2 heterocycles. The molecule has 21 heavy (non-hydrogen) atoms. The standard InChI is InChI=1S/C14H25N5O2/c1-4-7-15-12-16-13(18-14(17-12)21-9-5-2)19-8-6-11(10-19)20-3/h11H,4-10H2,1-3H3,(H,15,16,17,18). The van der Waals surface area contributed by atoms with Gasteiger partial charge in [0.05, 0.1) is 12.7 Å². The number of anilines is 2. The highest BCUT2D eigenvalue weighted by Gasteiger charge is 2.25. The van der Waals surface area contributed by atoms with E-state index in [0.29, 0.717) is 24.5 Å². The predicted octanol–water partition coefficient (Wildman–Crippen LogP) is 1.71. The molecule has 0 bridgehead atoms. The summed E-state index contributed by atoms with van der Waals surface area (Å²) < 4.78 is 11.0. The van der Waals surface area contributed by atoms with Crippen molar-refractivity contribution in [2.75, 3.05) is 43.6 Å². The molecule has 7 heteroatoms. The molecule has 0 amide bonds. The summed E-state index contributed by atoms with van der Waals surface area (Å²) in [6, 6.07) is 0.390. The second-order valence-electron chi connectivity index (χ2n) is 5.11. The molecule has 1 N–H and O–H groups in total. The molecule has 1 unspecified atom stereocenters. The Kier molecular flexibility index (Phi) is 5.98. The third-order valence-electron chi connectivity index (χ3n) is 3.33. The summed E-state index contributed by atoms with van der Waals surface area (Å²) in [5, 5.41) is 3.20. The van der Waals surface area contributed by atoms with Crippen LogP contribution in [0, 0.1) is 0 Å². The number of ether oxygens (including phenoxy) is 2. The molecule has 1 saturated heterocycles. The van der Waals surface area contributed by atoms with Crippen molar-refractivity contribution in [3.8, 4) is 6.01 Å². The Hall–Kier alpha value is -1.63. The van der Waals surface area contributed by atoms with Gasteiger partial charge in [-0.2, -0.15) is 15.0 Å². The number of nitrogens with zero attached hydrogens (tertiary/aromatic N) is 4. The van der Waals surface area contributed by atoms with E-state index in [-0.39, 0.29) is 6.10 Å². The molecule has 0 saturated carbocycles. The highest BCUT2D eigenvalue weighted by molar-refractivity contribution is 5.39. The molecule has 1 atom stereocenters. The van der Waals surface area contributed by atoms with E-state index < -0.39 is 0 Å². The van der Waals surface area contributed by atoms with Crippen LogP contribution < -0.4 is 15.0 Å². The van der Waals surface area contributed by atoms with Crippen LogP contribution in [0.15, 0.2) is 0 Å². The van der Waals surface area contributed by atoms with Gasteiger partial charge >= 0.3 is 6.01 Å². The van der Waals surface area contributed by atoms with Crippen LogP contribution in [-0.4, -0.2) is 54.4 Å². The van der Waals surface area contributed by atoms with Crippen LogP contribution in [0.25, 0.3) is 0 Å². The van der Waals surface area contributed by atoms with Gasteiger partial charge in [-0.05, 0) is 19.3 Å². The molecule has 1 fully saturated rings. The van der Waals surface area contributed by atoms with Crippen LogP contribution in [0.5, 0.6) is 6.01 Å². The summed E-state index contributed by atoms with van der Waals surface area (Å²) in [5.74, 6) is 1.24. The molecule has 1 aromatic rings. The Labute approximate surface area is 126 Å². The van der Waals surface area contributed by atoms with Crippen LogP contribution in [0.3, 0.4) is 0 Å². The number of aromatic nitrogens is 3. The van der Waals surface area contributed by atoms with Crippen molar-refractivity contribution in [3.05, 3.63) is 0 Å². The van der Waals surface area contributed by atoms with Crippen molar-refractivity contribution in [3.63, 3.8) is 0 Å². The van der Waals surface area contributed by atoms with E-state index in [0.717, 1.165) is 38.9 Å². The van der Waals surface area contributed by atoms with Gasteiger partial charge in [0.15, 0.2) is 0 Å². The minimum Gasteiger partial charge on any atom is -0.463 e. The van der Waals surface area contributed by atoms with E-state index in [1.807, 2.05) is 0 Å². The summed E-state index contributed by atoms with van der Waals surface area (Å²) in [7, 11) is 1.74. The zero-order valence-electron chi connectivity index (χ0n) is 13.1. The lowest BCUT2D eigenvalue weighted by molar-refractivity contribution is 0.121. The Bertz CT molecular complexity index is 417. The second-order valence-corrected chi connectivity index (χ2v) is 5.11. The summed E-state index contributed by atoms with van der Waals surface area (Å²) in [6.45, 7) is 7.30. The Balaban J connectivity index is 2.14. The molecule has 118 valence electrons. The van der Waals surface area contributed by atoms with E-state index >= 15 is 0 Å². The van der Waals surface area contributed by atoms with E-state index in [1.54, 1.807) is 7.11 Å². The zero-order chi connectivity index (χ0) is 15.1. The SMILES string of the molecule is CCCNc1nc(OCCC)nc(N2CCC(OC)C2)n1. The van der Waals surface area contributed by atoms with Crippen molar-refractivity contribution < 1.29 is 9.47 Å². The topological polar surface area (TPSA) is 72.4 Å². The maximum absolute atomic E-state index is 5.57. The van der Waals surface area contributed by atoms with Crippen LogP contribution in [-0.2, 0) is 4.74 Å². The highest BCUT2D eigenvalue weighted by atomic mass is 16.5. The molecule has 0 radical (unpaired) electrons. The van der Waals surface area contributed by atoms with Gasteiger partial charge in [0.1, 0.15) is 0 Å². The van der Waals surface area contributed by atoms with Crippen molar-refractivity contribution in [1.82, 2.24) is 15.0 Å². The first kappa shape index (κ1) is 15.8. The summed E-state index contributed by atoms with van der Waals surface area (Å²) in [4.78, 5) is 15.3. The van der Waals surface area contributed by atoms with Crippen molar-refractivity contribution in [1.29, 1.82) is 0 Å². The maximum atomic E-state index is 5.57. The highest BCUT2D eigenvalue weighted by Crippen LogP contribution is 2.21. The van der Waals surface area contributed by atoms with Crippen LogP contribution in [0.2, 0.25) is 0 Å². The first-order chi connectivity index (χ1) is 10.3. The van der Waals surface area contributed by atoms with Gasteiger partial charge in [-0.15, -0.1) is 0 Å². The Morgan fingerprint density at radius 3 is 2.76 bits per heavy atom. The normalized spacial score (nSPS) is 18.0. The van der Waals surface area contributed by atoms with Gasteiger partial charge in [0, 0.05) is 26.7 Å². The first-order valence-electron chi connectivity index (χ1n) is 7.67. The number of hydrogen-bond acceptors (Lipinski definition) is 7. The monoisotopic (exact) mass is 295 g/mol. The number of rotatable bonds is 8. The minimum atomic E-state index is 0.244. The Morgan fingerprint density at radius 2 is 2.10 bits per heavy atom. The van der Waals surface area contributed by atoms with Gasteiger partial charge in [-0.3, -0.25) is 0 Å². The third-order valence-corrected chi connectivity index (χ3v) is 3.33. The van der Waals surface area contributed by atoms with Gasteiger partial charge in [0.2, 0.25) is 11.9 Å². The average molecular weight is 295 g/mol. The van der Waals surface area contributed by atoms with Crippen molar-refractivity contribution >= 4 is 11.9 Å². The molecular formula is C14H25N5O2. The number of methoxy groups -OCH3 is 1. The van der Waals surface area contributed by atoms with Gasteiger partial charge in [-0.25, -0.2) is 0 Å². The largest absolute Gasteiger partial charge is 0.463 e. The molecule has 0 aliphatic carbocycles.